The van der Waals surface area contributed by atoms with Gasteiger partial charge in [-0.1, -0.05) is 19.4 Å². The van der Waals surface area contributed by atoms with E-state index in [0.717, 1.165) is 91.1 Å². The number of nitrogens with zero attached hydrogens (tertiary/aromatic N) is 5. The molecular weight excluding hydrogens is 494 g/mol. The largest absolute Gasteiger partial charge is 0.476 e. The highest BCUT2D eigenvalue weighted by atomic mass is 16.5. The Balaban J connectivity index is 1.54. The normalized spacial score (nSPS) is 18.8. The van der Waals surface area contributed by atoms with Crippen LogP contribution in [0.5, 0.6) is 0 Å². The minimum absolute atomic E-state index is 0.127. The number of ether oxygens (including phenoxy) is 2. The summed E-state index contributed by atoms with van der Waals surface area (Å²) in [5.74, 6) is -0.110. The number of methoxy groups -OCH3 is 1. The molecule has 0 aromatic carbocycles. The second-order valence-corrected chi connectivity index (χ2v) is 10.9. The van der Waals surface area contributed by atoms with Gasteiger partial charge in [-0.05, 0) is 62.1 Å². The molecule has 206 valence electrons. The molecule has 0 bridgehead atoms. The predicted molar refractivity (Wildman–Crippen MR) is 150 cm³/mol. The summed E-state index contributed by atoms with van der Waals surface area (Å²) in [5, 5.41) is 16.5. The lowest BCUT2D eigenvalue weighted by atomic mass is 9.81. The number of hydrogen-bond donors (Lipinski definition) is 1. The molecular formula is C30H37N5O4. The van der Waals surface area contributed by atoms with Crippen molar-refractivity contribution in [2.75, 3.05) is 44.9 Å². The number of rotatable bonds is 8. The van der Waals surface area contributed by atoms with Gasteiger partial charge >= 0.3 is 5.97 Å². The highest BCUT2D eigenvalue weighted by Gasteiger charge is 2.33. The van der Waals surface area contributed by atoms with Gasteiger partial charge in [0.2, 0.25) is 0 Å². The number of hydrogen-bond acceptors (Lipinski definition) is 7. The fourth-order valence-electron chi connectivity index (χ4n) is 6.25. The maximum atomic E-state index is 12.6. The van der Waals surface area contributed by atoms with Gasteiger partial charge in [-0.15, -0.1) is 0 Å². The topological polar surface area (TPSA) is 103 Å². The minimum atomic E-state index is -0.995. The molecule has 9 heteroatoms. The van der Waals surface area contributed by atoms with Crippen molar-refractivity contribution in [3.8, 4) is 5.69 Å². The third kappa shape index (κ3) is 4.82. The van der Waals surface area contributed by atoms with Crippen LogP contribution in [-0.4, -0.2) is 70.8 Å². The van der Waals surface area contributed by atoms with Crippen molar-refractivity contribution >= 4 is 28.3 Å². The van der Waals surface area contributed by atoms with Gasteiger partial charge in [0.05, 0.1) is 41.4 Å². The SMILES string of the molecule is CCc1c(C(=O)O)nc2c(c(C3CCC3)nn2-c2ccnc(C3=CCOCC3)c2)c1N1CCC(COC)CC1. The molecule has 9 nitrogen and oxygen atoms in total. The van der Waals surface area contributed by atoms with E-state index in [1.807, 2.05) is 23.7 Å². The molecule has 3 aliphatic rings. The molecule has 0 amide bonds. The van der Waals surface area contributed by atoms with Gasteiger partial charge in [0.1, 0.15) is 0 Å². The summed E-state index contributed by atoms with van der Waals surface area (Å²) in [5.41, 5.74) is 6.53. The fraction of sp³-hybridized carbons (Fsp3) is 0.533. The molecule has 39 heavy (non-hydrogen) atoms. The van der Waals surface area contributed by atoms with Crippen molar-refractivity contribution in [1.82, 2.24) is 19.7 Å². The molecule has 6 rings (SSSR count). The van der Waals surface area contributed by atoms with Crippen LogP contribution in [0, 0.1) is 5.92 Å². The Bertz CT molecular complexity index is 1400. The molecule has 5 heterocycles. The van der Waals surface area contributed by atoms with E-state index in [-0.39, 0.29) is 5.69 Å². The summed E-state index contributed by atoms with van der Waals surface area (Å²) in [6, 6.07) is 3.98. The fourth-order valence-corrected chi connectivity index (χ4v) is 6.25. The van der Waals surface area contributed by atoms with Crippen molar-refractivity contribution in [3.05, 3.63) is 47.1 Å². The monoisotopic (exact) mass is 531 g/mol. The zero-order valence-corrected chi connectivity index (χ0v) is 22.9. The number of carbonyl (C=O) groups is 1. The number of aromatic nitrogens is 4. The van der Waals surface area contributed by atoms with Crippen LogP contribution < -0.4 is 4.90 Å². The molecule has 2 aliphatic heterocycles. The second-order valence-electron chi connectivity index (χ2n) is 10.9. The Labute approximate surface area is 228 Å². The summed E-state index contributed by atoms with van der Waals surface area (Å²) in [6.07, 6.45) is 10.7. The molecule has 0 atom stereocenters. The highest BCUT2D eigenvalue weighted by molar-refractivity contribution is 6.01. The van der Waals surface area contributed by atoms with E-state index >= 15 is 0 Å². The minimum Gasteiger partial charge on any atom is -0.476 e. The van der Waals surface area contributed by atoms with Crippen molar-refractivity contribution in [1.29, 1.82) is 0 Å². The van der Waals surface area contributed by atoms with Gasteiger partial charge in [-0.25, -0.2) is 14.5 Å². The average molecular weight is 532 g/mol. The van der Waals surface area contributed by atoms with Gasteiger partial charge in [0, 0.05) is 44.5 Å². The van der Waals surface area contributed by atoms with E-state index in [1.54, 1.807) is 13.3 Å². The first kappa shape index (κ1) is 26.0. The molecule has 2 fully saturated rings. The van der Waals surface area contributed by atoms with E-state index in [9.17, 15) is 9.90 Å². The quantitative estimate of drug-likeness (QED) is 0.433. The van der Waals surface area contributed by atoms with Crippen LogP contribution in [0.15, 0.2) is 24.4 Å². The van der Waals surface area contributed by atoms with Crippen LogP contribution in [0.25, 0.3) is 22.3 Å². The lowest BCUT2D eigenvalue weighted by Crippen LogP contribution is -2.36. The predicted octanol–water partition coefficient (Wildman–Crippen LogP) is 5.01. The van der Waals surface area contributed by atoms with E-state index in [1.165, 1.54) is 6.42 Å². The maximum Gasteiger partial charge on any atom is 0.354 e. The average Bonchev–Trinajstić information content (AvgIpc) is 3.31. The first-order chi connectivity index (χ1) is 19.1. The lowest BCUT2D eigenvalue weighted by Gasteiger charge is -2.35. The second kappa shape index (κ2) is 11.1. The molecule has 1 saturated heterocycles. The standard InChI is InChI=1S/C30H37N5O4/c1-3-23-27(30(36)37)32-29-25(28(23)34-13-8-19(9-14-34)18-38-2)26(21-5-4-6-21)33-35(29)22-7-12-31-24(17-22)20-10-15-39-16-11-20/h7,10,12,17,19,21H,3-6,8-9,11,13-16,18H2,1-2H3,(H,36,37). The zero-order chi connectivity index (χ0) is 26.9. The lowest BCUT2D eigenvalue weighted by molar-refractivity contribution is 0.0689. The molecule has 3 aromatic rings. The van der Waals surface area contributed by atoms with Gasteiger partial charge in [0.15, 0.2) is 11.3 Å². The van der Waals surface area contributed by atoms with Crippen molar-refractivity contribution in [2.24, 2.45) is 5.92 Å². The van der Waals surface area contributed by atoms with Crippen LogP contribution in [0.1, 0.15) is 78.8 Å². The highest BCUT2D eigenvalue weighted by Crippen LogP contribution is 2.45. The maximum absolute atomic E-state index is 12.6. The number of aromatic carboxylic acids is 1. The summed E-state index contributed by atoms with van der Waals surface area (Å²) >= 11 is 0. The third-order valence-electron chi connectivity index (χ3n) is 8.58. The molecule has 3 aromatic heterocycles. The molecule has 0 spiro atoms. The van der Waals surface area contributed by atoms with Crippen LogP contribution in [0.3, 0.4) is 0 Å². The van der Waals surface area contributed by atoms with Gasteiger partial charge in [0.25, 0.3) is 0 Å². The van der Waals surface area contributed by atoms with Gasteiger partial charge < -0.3 is 19.5 Å². The summed E-state index contributed by atoms with van der Waals surface area (Å²) in [7, 11) is 1.76. The van der Waals surface area contributed by atoms with Crippen molar-refractivity contribution < 1.29 is 19.4 Å². The van der Waals surface area contributed by atoms with Crippen LogP contribution in [-0.2, 0) is 15.9 Å². The van der Waals surface area contributed by atoms with Gasteiger partial charge in [-0.3, -0.25) is 4.98 Å². The first-order valence-corrected chi connectivity index (χ1v) is 14.2. The van der Waals surface area contributed by atoms with Gasteiger partial charge in [-0.2, -0.15) is 5.10 Å². The number of pyridine rings is 2. The number of fused-ring (bicyclic) bond motifs is 1. The number of carboxylic acids is 1. The summed E-state index contributed by atoms with van der Waals surface area (Å²) in [4.78, 5) is 24.4. The summed E-state index contributed by atoms with van der Waals surface area (Å²) in [6.45, 7) is 5.79. The number of carboxylic acid groups (broad SMARTS) is 1. The zero-order valence-electron chi connectivity index (χ0n) is 22.9. The van der Waals surface area contributed by atoms with E-state index < -0.39 is 5.97 Å². The van der Waals surface area contributed by atoms with Crippen molar-refractivity contribution in [3.63, 3.8) is 0 Å². The molecule has 1 saturated carbocycles. The van der Waals surface area contributed by atoms with Crippen LogP contribution in [0.4, 0.5) is 5.69 Å². The molecule has 0 unspecified atom stereocenters. The Kier molecular flexibility index (Phi) is 7.36. The Morgan fingerprint density at radius 2 is 2.05 bits per heavy atom. The Morgan fingerprint density at radius 1 is 1.23 bits per heavy atom. The third-order valence-corrected chi connectivity index (χ3v) is 8.58. The van der Waals surface area contributed by atoms with Crippen LogP contribution in [0.2, 0.25) is 0 Å². The Hall–Kier alpha value is -3.30. The number of piperidine rings is 1. The smallest absolute Gasteiger partial charge is 0.354 e. The molecule has 1 N–H and O–H groups in total. The summed E-state index contributed by atoms with van der Waals surface area (Å²) < 4.78 is 12.8. The first-order valence-electron chi connectivity index (χ1n) is 14.2. The molecule has 1 aliphatic carbocycles. The van der Waals surface area contributed by atoms with E-state index in [2.05, 4.69) is 16.0 Å². The van der Waals surface area contributed by atoms with Crippen LogP contribution >= 0.6 is 0 Å². The molecule has 0 radical (unpaired) electrons. The van der Waals surface area contributed by atoms with E-state index in [4.69, 9.17) is 19.6 Å². The van der Waals surface area contributed by atoms with Crippen molar-refractivity contribution in [2.45, 2.75) is 57.8 Å². The van der Waals surface area contributed by atoms with E-state index in [0.29, 0.717) is 37.1 Å². The Morgan fingerprint density at radius 3 is 2.69 bits per heavy atom. The number of anilines is 1.